The van der Waals surface area contributed by atoms with Crippen molar-refractivity contribution in [3.8, 4) is 11.5 Å². The second-order valence-electron chi connectivity index (χ2n) is 3.33. The fraction of sp³-hybridized carbons (Fsp3) is 0.300. The van der Waals surface area contributed by atoms with Gasteiger partial charge in [0.15, 0.2) is 0 Å². The number of rotatable bonds is 2. The van der Waals surface area contributed by atoms with Crippen LogP contribution in [-0.4, -0.2) is 22.3 Å². The topological polar surface area (TPSA) is 66.8 Å². The van der Waals surface area contributed by atoms with Gasteiger partial charge in [-0.2, -0.15) is 0 Å². The molecule has 0 fully saturated rings. The van der Waals surface area contributed by atoms with Crippen molar-refractivity contribution in [3.63, 3.8) is 0 Å². The molecule has 1 unspecified atom stereocenters. The van der Waals surface area contributed by atoms with Gasteiger partial charge in [-0.1, -0.05) is 0 Å². The summed E-state index contributed by atoms with van der Waals surface area (Å²) in [5.41, 5.74) is 0.872. The molecule has 1 aliphatic rings. The lowest BCUT2D eigenvalue weighted by molar-refractivity contribution is -0.138. The minimum Gasteiger partial charge on any atom is -0.508 e. The van der Waals surface area contributed by atoms with Gasteiger partial charge in [-0.25, -0.2) is 0 Å². The molecule has 4 nitrogen and oxygen atoms in total. The van der Waals surface area contributed by atoms with Crippen molar-refractivity contribution in [1.29, 1.82) is 0 Å². The summed E-state index contributed by atoms with van der Waals surface area (Å²) in [6, 6.07) is 4.80. The average Bonchev–Trinajstić information content (AvgIpc) is 2.44. The van der Waals surface area contributed by atoms with Crippen LogP contribution in [0.3, 0.4) is 0 Å². The SMILES string of the molecule is O=C(O)CC1Cc2cc(O)ccc2O1. The molecule has 0 amide bonds. The Kier molecular flexibility index (Phi) is 2.04. The number of hydrogen-bond donors (Lipinski definition) is 2. The zero-order chi connectivity index (χ0) is 10.1. The Labute approximate surface area is 80.7 Å². The fourth-order valence-corrected chi connectivity index (χ4v) is 1.62. The van der Waals surface area contributed by atoms with Gasteiger partial charge in [0, 0.05) is 12.0 Å². The molecular formula is C10H10O4. The van der Waals surface area contributed by atoms with Gasteiger partial charge in [0.25, 0.3) is 0 Å². The van der Waals surface area contributed by atoms with E-state index in [9.17, 15) is 9.90 Å². The molecule has 14 heavy (non-hydrogen) atoms. The molecule has 0 spiro atoms. The van der Waals surface area contributed by atoms with E-state index in [0.717, 1.165) is 5.56 Å². The molecular weight excluding hydrogens is 184 g/mol. The first-order valence-corrected chi connectivity index (χ1v) is 4.35. The number of carboxylic acid groups (broad SMARTS) is 1. The lowest BCUT2D eigenvalue weighted by Crippen LogP contribution is -2.17. The molecule has 0 saturated carbocycles. The Balaban J connectivity index is 2.14. The normalized spacial score (nSPS) is 18.7. The van der Waals surface area contributed by atoms with Crippen LogP contribution in [-0.2, 0) is 11.2 Å². The van der Waals surface area contributed by atoms with Crippen molar-refractivity contribution in [2.24, 2.45) is 0 Å². The number of fused-ring (bicyclic) bond motifs is 1. The zero-order valence-corrected chi connectivity index (χ0v) is 7.43. The van der Waals surface area contributed by atoms with Gasteiger partial charge in [-0.3, -0.25) is 4.79 Å². The first-order chi connectivity index (χ1) is 6.65. The molecule has 0 bridgehead atoms. The predicted molar refractivity (Wildman–Crippen MR) is 48.5 cm³/mol. The molecule has 1 aromatic carbocycles. The number of benzene rings is 1. The van der Waals surface area contributed by atoms with Crippen LogP contribution in [0.2, 0.25) is 0 Å². The molecule has 2 N–H and O–H groups in total. The lowest BCUT2D eigenvalue weighted by Gasteiger charge is -2.06. The van der Waals surface area contributed by atoms with Crippen molar-refractivity contribution in [2.75, 3.05) is 0 Å². The van der Waals surface area contributed by atoms with Gasteiger partial charge >= 0.3 is 5.97 Å². The van der Waals surface area contributed by atoms with E-state index in [0.29, 0.717) is 12.2 Å². The van der Waals surface area contributed by atoms with Crippen LogP contribution in [0.25, 0.3) is 0 Å². The third-order valence-corrected chi connectivity index (χ3v) is 2.19. The van der Waals surface area contributed by atoms with Crippen molar-refractivity contribution in [2.45, 2.75) is 18.9 Å². The number of hydrogen-bond acceptors (Lipinski definition) is 3. The Bertz CT molecular complexity index is 372. The zero-order valence-electron chi connectivity index (χ0n) is 7.43. The van der Waals surface area contributed by atoms with Gasteiger partial charge in [-0.15, -0.1) is 0 Å². The summed E-state index contributed by atoms with van der Waals surface area (Å²) in [5, 5.41) is 17.8. The smallest absolute Gasteiger partial charge is 0.307 e. The van der Waals surface area contributed by atoms with Crippen LogP contribution in [0.15, 0.2) is 18.2 Å². The third-order valence-electron chi connectivity index (χ3n) is 2.19. The van der Waals surface area contributed by atoms with E-state index in [2.05, 4.69) is 0 Å². The highest BCUT2D eigenvalue weighted by atomic mass is 16.5. The minimum absolute atomic E-state index is 0.00452. The van der Waals surface area contributed by atoms with Crippen LogP contribution in [0.1, 0.15) is 12.0 Å². The maximum absolute atomic E-state index is 10.4. The number of aromatic hydroxyl groups is 1. The number of aliphatic carboxylic acids is 1. The molecule has 1 heterocycles. The maximum atomic E-state index is 10.4. The van der Waals surface area contributed by atoms with Gasteiger partial charge in [0.2, 0.25) is 0 Å². The highest BCUT2D eigenvalue weighted by Gasteiger charge is 2.24. The summed E-state index contributed by atoms with van der Waals surface area (Å²) >= 11 is 0. The van der Waals surface area contributed by atoms with Crippen LogP contribution in [0.4, 0.5) is 0 Å². The first kappa shape index (κ1) is 8.87. The first-order valence-electron chi connectivity index (χ1n) is 4.35. The van der Waals surface area contributed by atoms with E-state index in [1.165, 1.54) is 6.07 Å². The van der Waals surface area contributed by atoms with E-state index in [-0.39, 0.29) is 18.3 Å². The van der Waals surface area contributed by atoms with Crippen LogP contribution >= 0.6 is 0 Å². The molecule has 0 radical (unpaired) electrons. The highest BCUT2D eigenvalue weighted by Crippen LogP contribution is 2.32. The predicted octanol–water partition coefficient (Wildman–Crippen LogP) is 1.17. The Hall–Kier alpha value is -1.71. The summed E-state index contributed by atoms with van der Waals surface area (Å²) in [7, 11) is 0. The Morgan fingerprint density at radius 3 is 3.07 bits per heavy atom. The maximum Gasteiger partial charge on any atom is 0.307 e. The molecule has 2 rings (SSSR count). The van der Waals surface area contributed by atoms with Gasteiger partial charge in [0.05, 0.1) is 6.42 Å². The summed E-state index contributed by atoms with van der Waals surface area (Å²) in [6.45, 7) is 0. The summed E-state index contributed by atoms with van der Waals surface area (Å²) in [4.78, 5) is 10.4. The third kappa shape index (κ3) is 1.64. The van der Waals surface area contributed by atoms with E-state index < -0.39 is 5.97 Å². The molecule has 1 aromatic rings. The second-order valence-corrected chi connectivity index (χ2v) is 3.33. The van der Waals surface area contributed by atoms with Crippen molar-refractivity contribution < 1.29 is 19.7 Å². The number of phenolic OH excluding ortho intramolecular Hbond substituents is 1. The molecule has 0 aromatic heterocycles. The van der Waals surface area contributed by atoms with Gasteiger partial charge < -0.3 is 14.9 Å². The second kappa shape index (κ2) is 3.21. The highest BCUT2D eigenvalue weighted by molar-refractivity contribution is 5.67. The monoisotopic (exact) mass is 194 g/mol. The molecule has 1 aliphatic heterocycles. The van der Waals surface area contributed by atoms with Crippen LogP contribution < -0.4 is 4.74 Å². The van der Waals surface area contributed by atoms with E-state index in [4.69, 9.17) is 9.84 Å². The summed E-state index contributed by atoms with van der Waals surface area (Å²) < 4.78 is 5.38. The molecule has 74 valence electrons. The number of carbonyl (C=O) groups is 1. The van der Waals surface area contributed by atoms with Crippen molar-refractivity contribution >= 4 is 5.97 Å². The standard InChI is InChI=1S/C10H10O4/c11-7-1-2-9-6(3-7)4-8(14-9)5-10(12)13/h1-3,8,11H,4-5H2,(H,12,13). The van der Waals surface area contributed by atoms with Crippen molar-refractivity contribution in [1.82, 2.24) is 0 Å². The summed E-state index contributed by atoms with van der Waals surface area (Å²) in [5.74, 6) is -0.00981. The molecule has 0 saturated heterocycles. The molecule has 4 heteroatoms. The number of phenols is 1. The number of ether oxygens (including phenoxy) is 1. The quantitative estimate of drug-likeness (QED) is 0.741. The van der Waals surface area contributed by atoms with E-state index in [1.54, 1.807) is 12.1 Å². The van der Waals surface area contributed by atoms with Crippen LogP contribution in [0.5, 0.6) is 11.5 Å². The van der Waals surface area contributed by atoms with Crippen LogP contribution in [0, 0.1) is 0 Å². The Morgan fingerprint density at radius 2 is 2.36 bits per heavy atom. The minimum atomic E-state index is -0.868. The lowest BCUT2D eigenvalue weighted by atomic mass is 10.1. The number of carboxylic acids is 1. The summed E-state index contributed by atoms with van der Waals surface area (Å²) in [6.07, 6.45) is 0.246. The van der Waals surface area contributed by atoms with Gasteiger partial charge in [0.1, 0.15) is 17.6 Å². The molecule has 1 atom stereocenters. The fourth-order valence-electron chi connectivity index (χ4n) is 1.62. The van der Waals surface area contributed by atoms with E-state index in [1.807, 2.05) is 0 Å². The Morgan fingerprint density at radius 1 is 1.57 bits per heavy atom. The van der Waals surface area contributed by atoms with Crippen molar-refractivity contribution in [3.05, 3.63) is 23.8 Å². The average molecular weight is 194 g/mol. The largest absolute Gasteiger partial charge is 0.508 e. The van der Waals surface area contributed by atoms with Gasteiger partial charge in [-0.05, 0) is 18.2 Å². The molecule has 0 aliphatic carbocycles. The van der Waals surface area contributed by atoms with E-state index >= 15 is 0 Å².